The molecule has 2 aliphatic heterocycles. The van der Waals surface area contributed by atoms with Crippen LogP contribution < -0.4 is 5.32 Å². The van der Waals surface area contributed by atoms with E-state index in [1.54, 1.807) is 0 Å². The zero-order valence-corrected chi connectivity index (χ0v) is 22.3. The van der Waals surface area contributed by atoms with Gasteiger partial charge in [-0.2, -0.15) is 0 Å². The molecule has 2 atom stereocenters. The van der Waals surface area contributed by atoms with Crippen LogP contribution in [-0.4, -0.2) is 66.2 Å². The Morgan fingerprint density at radius 1 is 1.12 bits per heavy atom. The minimum Gasteiger partial charge on any atom is -0.310 e. The number of unbranched alkanes of at least 4 members (excludes halogenated alkanes) is 1. The average molecular weight is 496 g/mol. The third-order valence-corrected chi connectivity index (χ3v) is 9.73. The molecular formula is C26H42ClN3O2S. The molecule has 0 radical (unpaired) electrons. The molecule has 1 saturated carbocycles. The van der Waals surface area contributed by atoms with Crippen LogP contribution in [0.4, 0.5) is 0 Å². The monoisotopic (exact) mass is 495 g/mol. The first-order valence-electron chi connectivity index (χ1n) is 12.7. The molecule has 1 spiro atoms. The molecule has 0 bridgehead atoms. The average Bonchev–Trinajstić information content (AvgIpc) is 3.25. The maximum absolute atomic E-state index is 13.2. The first-order valence-corrected chi connectivity index (χ1v) is 13.5. The first kappa shape index (κ1) is 26.8. The topological polar surface area (TPSA) is 52.6 Å². The number of carbonyl (C=O) groups is 2. The number of Topliss-reactive ketones (excluding diaryl/α,β-unsaturated/α-hetero) is 2. The van der Waals surface area contributed by atoms with Gasteiger partial charge < -0.3 is 5.32 Å². The van der Waals surface area contributed by atoms with Crippen molar-refractivity contribution in [2.45, 2.75) is 89.8 Å². The third kappa shape index (κ3) is 5.56. The minimum absolute atomic E-state index is 0. The molecule has 1 N–H and O–H groups in total. The Morgan fingerprint density at radius 3 is 2.48 bits per heavy atom. The summed E-state index contributed by atoms with van der Waals surface area (Å²) < 4.78 is 0. The van der Waals surface area contributed by atoms with Gasteiger partial charge >= 0.3 is 0 Å². The fraction of sp³-hybridized carbons (Fsp3) is 0.769. The maximum atomic E-state index is 13.2. The quantitative estimate of drug-likeness (QED) is 0.604. The number of likely N-dealkylation sites (tertiary alicyclic amines) is 1. The van der Waals surface area contributed by atoms with E-state index >= 15 is 0 Å². The highest BCUT2D eigenvalue weighted by molar-refractivity contribution is 7.11. The van der Waals surface area contributed by atoms with Crippen molar-refractivity contribution in [2.75, 3.05) is 33.2 Å². The van der Waals surface area contributed by atoms with Gasteiger partial charge in [-0.15, -0.1) is 23.7 Å². The molecule has 0 aromatic carbocycles. The number of carbonyl (C=O) groups excluding carboxylic acids is 2. The normalized spacial score (nSPS) is 28.8. The van der Waals surface area contributed by atoms with Gasteiger partial charge in [-0.3, -0.25) is 19.4 Å². The fourth-order valence-corrected chi connectivity index (χ4v) is 7.21. The Bertz CT molecular complexity index is 820. The van der Waals surface area contributed by atoms with Gasteiger partial charge in [0, 0.05) is 73.3 Å². The van der Waals surface area contributed by atoms with Crippen LogP contribution in [-0.2, 0) is 22.6 Å². The van der Waals surface area contributed by atoms with Gasteiger partial charge in [0.1, 0.15) is 11.6 Å². The van der Waals surface area contributed by atoms with Crippen LogP contribution in [0.3, 0.4) is 0 Å². The number of hydrogen-bond acceptors (Lipinski definition) is 6. The second-order valence-corrected chi connectivity index (χ2v) is 11.7. The van der Waals surface area contributed by atoms with Crippen LogP contribution in [0, 0.1) is 5.41 Å². The number of ketones is 2. The summed E-state index contributed by atoms with van der Waals surface area (Å²) in [6.07, 6.45) is 7.69. The molecule has 2 saturated heterocycles. The van der Waals surface area contributed by atoms with E-state index in [4.69, 9.17) is 0 Å². The van der Waals surface area contributed by atoms with Gasteiger partial charge in [0.25, 0.3) is 0 Å². The van der Waals surface area contributed by atoms with Crippen LogP contribution >= 0.6 is 23.7 Å². The molecule has 3 fully saturated rings. The smallest absolute Gasteiger partial charge is 0.141 e. The Kier molecular flexibility index (Phi) is 9.18. The van der Waals surface area contributed by atoms with Crippen LogP contribution in [0.25, 0.3) is 0 Å². The summed E-state index contributed by atoms with van der Waals surface area (Å²) >= 11 is 1.95. The lowest BCUT2D eigenvalue weighted by Crippen LogP contribution is -2.70. The summed E-state index contributed by atoms with van der Waals surface area (Å²) in [5.41, 5.74) is -0.317. The molecule has 3 heterocycles. The van der Waals surface area contributed by atoms with Crippen molar-refractivity contribution < 1.29 is 9.59 Å². The maximum Gasteiger partial charge on any atom is 0.141 e. The van der Waals surface area contributed by atoms with E-state index in [9.17, 15) is 9.59 Å². The number of halogens is 1. The molecule has 7 heteroatoms. The van der Waals surface area contributed by atoms with E-state index in [0.29, 0.717) is 25.0 Å². The van der Waals surface area contributed by atoms with Crippen molar-refractivity contribution in [2.24, 2.45) is 5.41 Å². The number of aryl methyl sites for hydroxylation is 1. The van der Waals surface area contributed by atoms with Gasteiger partial charge in [0.2, 0.25) is 0 Å². The van der Waals surface area contributed by atoms with Crippen LogP contribution in [0.2, 0.25) is 0 Å². The number of hydrogen-bond donors (Lipinski definition) is 1. The first-order chi connectivity index (χ1) is 15.4. The van der Waals surface area contributed by atoms with E-state index in [0.717, 1.165) is 71.2 Å². The Labute approximate surface area is 210 Å². The number of piperidine rings is 1. The molecule has 5 nitrogen and oxygen atoms in total. The number of nitrogens with zero attached hydrogens (tertiary/aromatic N) is 2. The summed E-state index contributed by atoms with van der Waals surface area (Å²) in [6.45, 7) is 9.50. The Balaban J connectivity index is 0.00000306. The van der Waals surface area contributed by atoms with Gasteiger partial charge in [-0.05, 0) is 44.9 Å². The van der Waals surface area contributed by atoms with E-state index < -0.39 is 5.41 Å². The summed E-state index contributed by atoms with van der Waals surface area (Å²) in [5.74, 6) is 0.600. The van der Waals surface area contributed by atoms with Gasteiger partial charge in [0.05, 0.1) is 5.41 Å². The van der Waals surface area contributed by atoms with Gasteiger partial charge in [-0.25, -0.2) is 0 Å². The standard InChI is InChI=1S/C26H41N3O2S.ClH/c1-4-6-11-26(16-20(30)7-10-24(26)31)23-18-28(3)25(19-27-23)12-14-29(15-13-25)17-22-9-8-21(5-2)32-22;/h8-9,23,27H,4-7,10-19H2,1-3H3;1H. The number of thiophene rings is 1. The number of piperazine rings is 1. The van der Waals surface area contributed by atoms with E-state index in [2.05, 4.69) is 48.1 Å². The lowest BCUT2D eigenvalue weighted by molar-refractivity contribution is -0.144. The zero-order chi connectivity index (χ0) is 22.8. The molecule has 3 aliphatic rings. The molecule has 2 unspecified atom stereocenters. The molecular weight excluding hydrogens is 454 g/mol. The molecule has 1 aliphatic carbocycles. The van der Waals surface area contributed by atoms with Crippen LogP contribution in [0.1, 0.15) is 75.0 Å². The SMILES string of the molecule is CCCCC1(C2CN(C)C3(CCN(Cc4ccc(CC)s4)CC3)CN2)CC(=O)CCC1=O.Cl. The summed E-state index contributed by atoms with van der Waals surface area (Å²) in [7, 11) is 2.25. The molecule has 0 amide bonds. The highest BCUT2D eigenvalue weighted by atomic mass is 35.5. The van der Waals surface area contributed by atoms with Crippen molar-refractivity contribution in [1.29, 1.82) is 0 Å². The number of nitrogens with one attached hydrogen (secondary N) is 1. The van der Waals surface area contributed by atoms with Gasteiger partial charge in [0.15, 0.2) is 0 Å². The molecule has 4 rings (SSSR count). The number of likely N-dealkylation sites (N-methyl/N-ethyl adjacent to an activating group) is 1. The molecule has 1 aromatic rings. The summed E-state index contributed by atoms with van der Waals surface area (Å²) in [6, 6.07) is 4.67. The van der Waals surface area contributed by atoms with Crippen molar-refractivity contribution in [1.82, 2.24) is 15.1 Å². The molecule has 186 valence electrons. The van der Waals surface area contributed by atoms with Gasteiger partial charge in [-0.1, -0.05) is 26.7 Å². The van der Waals surface area contributed by atoms with Crippen molar-refractivity contribution in [3.05, 3.63) is 21.9 Å². The fourth-order valence-electron chi connectivity index (χ4n) is 6.21. The van der Waals surface area contributed by atoms with E-state index in [1.807, 2.05) is 11.3 Å². The second-order valence-electron chi connectivity index (χ2n) is 10.4. The Morgan fingerprint density at radius 2 is 1.85 bits per heavy atom. The third-order valence-electron chi connectivity index (χ3n) is 8.52. The zero-order valence-electron chi connectivity index (χ0n) is 20.7. The highest BCUT2D eigenvalue weighted by Crippen LogP contribution is 2.43. The predicted molar refractivity (Wildman–Crippen MR) is 138 cm³/mol. The predicted octanol–water partition coefficient (Wildman–Crippen LogP) is 4.47. The lowest BCUT2D eigenvalue weighted by atomic mass is 9.63. The number of rotatable bonds is 7. The summed E-state index contributed by atoms with van der Waals surface area (Å²) in [4.78, 5) is 33.7. The minimum atomic E-state index is -0.488. The van der Waals surface area contributed by atoms with Crippen molar-refractivity contribution >= 4 is 35.3 Å². The molecule has 1 aromatic heterocycles. The molecule has 33 heavy (non-hydrogen) atoms. The Hall–Kier alpha value is -0.790. The van der Waals surface area contributed by atoms with E-state index in [1.165, 1.54) is 9.75 Å². The summed E-state index contributed by atoms with van der Waals surface area (Å²) in [5, 5.41) is 3.82. The van der Waals surface area contributed by atoms with Crippen LogP contribution in [0.5, 0.6) is 0 Å². The van der Waals surface area contributed by atoms with Crippen molar-refractivity contribution in [3.8, 4) is 0 Å². The van der Waals surface area contributed by atoms with Crippen molar-refractivity contribution in [3.63, 3.8) is 0 Å². The highest BCUT2D eigenvalue weighted by Gasteiger charge is 2.52. The second kappa shape index (κ2) is 11.3. The largest absolute Gasteiger partial charge is 0.310 e. The van der Waals surface area contributed by atoms with Crippen LogP contribution in [0.15, 0.2) is 12.1 Å². The lowest BCUT2D eigenvalue weighted by Gasteiger charge is -2.55. The van der Waals surface area contributed by atoms with E-state index in [-0.39, 0.29) is 29.8 Å².